The van der Waals surface area contributed by atoms with Crippen molar-refractivity contribution in [3.05, 3.63) is 59.4 Å². The number of ether oxygens (including phenoxy) is 3. The second-order valence-corrected chi connectivity index (χ2v) is 7.85. The van der Waals surface area contributed by atoms with Crippen molar-refractivity contribution in [2.45, 2.75) is 19.0 Å². The number of benzene rings is 2. The van der Waals surface area contributed by atoms with Crippen LogP contribution in [0, 0.1) is 5.82 Å². The molecule has 2 heterocycles. The molecule has 7 nitrogen and oxygen atoms in total. The number of hydrogen-bond donors (Lipinski definition) is 2. The molecule has 1 unspecified atom stereocenters. The number of nitrogens with one attached hydrogen (secondary N) is 2. The topological polar surface area (TPSA) is 67.4 Å². The molecule has 1 atom stereocenters. The molecule has 0 amide bonds. The standard InChI is InChI=1S/C24H31FN4O3/c1-26-24(27-16-18-3-8-22-23(15-18)32-12-2-11-31-22)28-17-21(29-9-13-30-14-10-29)19-4-6-20(25)7-5-19/h3-8,15,21H,2,9-14,16-17H2,1H3,(H2,26,27,28). The van der Waals surface area contributed by atoms with Crippen LogP contribution >= 0.6 is 0 Å². The van der Waals surface area contributed by atoms with Crippen LogP contribution in [0.4, 0.5) is 4.39 Å². The summed E-state index contributed by atoms with van der Waals surface area (Å²) in [5, 5.41) is 6.80. The van der Waals surface area contributed by atoms with Crippen LogP contribution in [0.5, 0.6) is 11.5 Å². The number of nitrogens with zero attached hydrogens (tertiary/aromatic N) is 2. The van der Waals surface area contributed by atoms with Crippen molar-refractivity contribution in [2.24, 2.45) is 4.99 Å². The van der Waals surface area contributed by atoms with Gasteiger partial charge in [0.2, 0.25) is 0 Å². The average molecular weight is 443 g/mol. The van der Waals surface area contributed by atoms with Crippen molar-refractivity contribution in [2.75, 3.05) is 53.1 Å². The third-order valence-corrected chi connectivity index (χ3v) is 5.70. The van der Waals surface area contributed by atoms with Crippen LogP contribution in [0.15, 0.2) is 47.5 Å². The van der Waals surface area contributed by atoms with Crippen molar-refractivity contribution < 1.29 is 18.6 Å². The quantitative estimate of drug-likeness (QED) is 0.530. The van der Waals surface area contributed by atoms with Crippen molar-refractivity contribution in [3.8, 4) is 11.5 Å². The molecule has 172 valence electrons. The van der Waals surface area contributed by atoms with Gasteiger partial charge in [0.25, 0.3) is 0 Å². The zero-order valence-corrected chi connectivity index (χ0v) is 18.5. The Labute approximate surface area is 188 Å². The Morgan fingerprint density at radius 2 is 1.75 bits per heavy atom. The van der Waals surface area contributed by atoms with E-state index in [9.17, 15) is 4.39 Å². The SMILES string of the molecule is CN=C(NCc1ccc2c(c1)OCCCO2)NCC(c1ccc(F)cc1)N1CCOCC1. The molecule has 1 saturated heterocycles. The average Bonchev–Trinajstić information content (AvgIpc) is 3.08. The zero-order valence-electron chi connectivity index (χ0n) is 18.5. The van der Waals surface area contributed by atoms with Crippen LogP contribution in [0.3, 0.4) is 0 Å². The second kappa shape index (κ2) is 11.2. The van der Waals surface area contributed by atoms with Crippen molar-refractivity contribution in [1.82, 2.24) is 15.5 Å². The third kappa shape index (κ3) is 5.89. The van der Waals surface area contributed by atoms with Gasteiger partial charge in [-0.3, -0.25) is 9.89 Å². The van der Waals surface area contributed by atoms with Crippen LogP contribution in [-0.2, 0) is 11.3 Å². The molecule has 32 heavy (non-hydrogen) atoms. The predicted molar refractivity (Wildman–Crippen MR) is 122 cm³/mol. The Morgan fingerprint density at radius 3 is 2.50 bits per heavy atom. The third-order valence-electron chi connectivity index (χ3n) is 5.70. The molecule has 0 saturated carbocycles. The van der Waals surface area contributed by atoms with Gasteiger partial charge < -0.3 is 24.8 Å². The highest BCUT2D eigenvalue weighted by Gasteiger charge is 2.23. The summed E-state index contributed by atoms with van der Waals surface area (Å²) in [4.78, 5) is 6.73. The summed E-state index contributed by atoms with van der Waals surface area (Å²) in [7, 11) is 1.75. The fourth-order valence-corrected chi connectivity index (χ4v) is 3.95. The fourth-order valence-electron chi connectivity index (χ4n) is 3.95. The molecule has 2 N–H and O–H groups in total. The van der Waals surface area contributed by atoms with Gasteiger partial charge in [0.05, 0.1) is 32.5 Å². The maximum absolute atomic E-state index is 13.5. The molecule has 2 aromatic rings. The summed E-state index contributed by atoms with van der Waals surface area (Å²) in [6, 6.07) is 12.8. The smallest absolute Gasteiger partial charge is 0.191 e. The summed E-state index contributed by atoms with van der Waals surface area (Å²) in [6.07, 6.45) is 0.886. The van der Waals surface area contributed by atoms with E-state index in [-0.39, 0.29) is 11.9 Å². The van der Waals surface area contributed by atoms with Crippen molar-refractivity contribution >= 4 is 5.96 Å². The molecule has 0 aliphatic carbocycles. The predicted octanol–water partition coefficient (Wildman–Crippen LogP) is 2.73. The normalized spacial score (nSPS) is 18.0. The van der Waals surface area contributed by atoms with Crippen LogP contribution in [0.1, 0.15) is 23.6 Å². The summed E-state index contributed by atoms with van der Waals surface area (Å²) < 4.78 is 30.5. The van der Waals surface area contributed by atoms with Gasteiger partial charge in [0.1, 0.15) is 5.82 Å². The minimum atomic E-state index is -0.227. The minimum absolute atomic E-state index is 0.0936. The molecular weight excluding hydrogens is 411 g/mol. The monoisotopic (exact) mass is 442 g/mol. The lowest BCUT2D eigenvalue weighted by Gasteiger charge is -2.35. The molecular formula is C24H31FN4O3. The Hall–Kier alpha value is -2.84. The Morgan fingerprint density at radius 1 is 1.00 bits per heavy atom. The first-order valence-corrected chi connectivity index (χ1v) is 11.1. The molecule has 0 bridgehead atoms. The Balaban J connectivity index is 1.37. The zero-order chi connectivity index (χ0) is 22.2. The van der Waals surface area contributed by atoms with Crippen LogP contribution in [0.25, 0.3) is 0 Å². The molecule has 2 aliphatic heterocycles. The van der Waals surface area contributed by atoms with Crippen molar-refractivity contribution in [1.29, 1.82) is 0 Å². The molecule has 4 rings (SSSR count). The Kier molecular flexibility index (Phi) is 7.79. The van der Waals surface area contributed by atoms with E-state index in [4.69, 9.17) is 14.2 Å². The number of morpholine rings is 1. The van der Waals surface area contributed by atoms with Crippen LogP contribution in [-0.4, -0.2) is 64.0 Å². The van der Waals surface area contributed by atoms with E-state index in [0.29, 0.717) is 45.5 Å². The first-order chi connectivity index (χ1) is 15.7. The number of halogens is 1. The summed E-state index contributed by atoms with van der Waals surface area (Å²) in [5.74, 6) is 2.06. The second-order valence-electron chi connectivity index (χ2n) is 7.85. The highest BCUT2D eigenvalue weighted by molar-refractivity contribution is 5.79. The summed E-state index contributed by atoms with van der Waals surface area (Å²) >= 11 is 0. The molecule has 2 aromatic carbocycles. The van der Waals surface area contributed by atoms with E-state index in [1.807, 2.05) is 30.3 Å². The van der Waals surface area contributed by atoms with Gasteiger partial charge in [0.15, 0.2) is 17.5 Å². The molecule has 0 radical (unpaired) electrons. The van der Waals surface area contributed by atoms with E-state index < -0.39 is 0 Å². The molecule has 1 fully saturated rings. The van der Waals surface area contributed by atoms with E-state index in [2.05, 4.69) is 20.5 Å². The molecule has 2 aliphatic rings. The first kappa shape index (κ1) is 22.4. The number of aliphatic imine (C=N–C) groups is 1. The maximum Gasteiger partial charge on any atom is 0.191 e. The fraction of sp³-hybridized carbons (Fsp3) is 0.458. The first-order valence-electron chi connectivity index (χ1n) is 11.1. The molecule has 8 heteroatoms. The lowest BCUT2D eigenvalue weighted by Crippen LogP contribution is -2.46. The van der Waals surface area contributed by atoms with Gasteiger partial charge in [-0.1, -0.05) is 18.2 Å². The van der Waals surface area contributed by atoms with Gasteiger partial charge in [-0.25, -0.2) is 4.39 Å². The van der Waals surface area contributed by atoms with Gasteiger partial charge >= 0.3 is 0 Å². The highest BCUT2D eigenvalue weighted by atomic mass is 19.1. The van der Waals surface area contributed by atoms with E-state index >= 15 is 0 Å². The summed E-state index contributed by atoms with van der Waals surface area (Å²) in [5.41, 5.74) is 2.15. The van der Waals surface area contributed by atoms with Gasteiger partial charge in [0, 0.05) is 39.6 Å². The minimum Gasteiger partial charge on any atom is -0.490 e. The van der Waals surface area contributed by atoms with E-state index in [1.54, 1.807) is 7.05 Å². The van der Waals surface area contributed by atoms with E-state index in [0.717, 1.165) is 42.1 Å². The molecule has 0 aromatic heterocycles. The maximum atomic E-state index is 13.5. The Bertz CT molecular complexity index is 901. The van der Waals surface area contributed by atoms with Gasteiger partial charge in [-0.15, -0.1) is 0 Å². The number of rotatable bonds is 6. The number of hydrogen-bond acceptors (Lipinski definition) is 5. The van der Waals surface area contributed by atoms with Crippen LogP contribution in [0.2, 0.25) is 0 Å². The van der Waals surface area contributed by atoms with Gasteiger partial charge in [-0.05, 0) is 35.4 Å². The molecule has 0 spiro atoms. The van der Waals surface area contributed by atoms with E-state index in [1.165, 1.54) is 12.1 Å². The largest absolute Gasteiger partial charge is 0.490 e. The van der Waals surface area contributed by atoms with Gasteiger partial charge in [-0.2, -0.15) is 0 Å². The van der Waals surface area contributed by atoms with Crippen LogP contribution < -0.4 is 20.1 Å². The lowest BCUT2D eigenvalue weighted by molar-refractivity contribution is 0.0170. The number of fused-ring (bicyclic) bond motifs is 1. The van der Waals surface area contributed by atoms with Crippen molar-refractivity contribution in [3.63, 3.8) is 0 Å². The number of guanidine groups is 1. The highest BCUT2D eigenvalue weighted by Crippen LogP contribution is 2.30. The summed E-state index contributed by atoms with van der Waals surface area (Å²) in [6.45, 7) is 5.68. The lowest BCUT2D eigenvalue weighted by atomic mass is 10.0.